The molecule has 0 bridgehead atoms. The number of aryl methyl sites for hydroxylation is 4. The third-order valence-electron chi connectivity index (χ3n) is 9.61. The molecule has 0 amide bonds. The van der Waals surface area contributed by atoms with Crippen LogP contribution in [0.1, 0.15) is 22.3 Å². The van der Waals surface area contributed by atoms with Crippen LogP contribution in [-0.2, 0) is 43.4 Å². The quantitative estimate of drug-likeness (QED) is 0.105. The van der Waals surface area contributed by atoms with Crippen molar-refractivity contribution in [1.82, 2.24) is 0 Å². The summed E-state index contributed by atoms with van der Waals surface area (Å²) >= 11 is 0. The summed E-state index contributed by atoms with van der Waals surface area (Å²) in [5.41, 5.74) is 5.47. The van der Waals surface area contributed by atoms with E-state index in [1.165, 1.54) is 86.6 Å². The molecular weight excluding hydrogens is 820 g/mol. The first-order chi connectivity index (χ1) is 26.4. The van der Waals surface area contributed by atoms with Gasteiger partial charge in [-0.3, -0.25) is 0 Å². The van der Waals surface area contributed by atoms with Gasteiger partial charge in [-0.25, -0.2) is 0 Å². The van der Waals surface area contributed by atoms with E-state index < -0.39 is 0 Å². The van der Waals surface area contributed by atoms with Gasteiger partial charge in [0.1, 0.15) is 0 Å². The van der Waals surface area contributed by atoms with E-state index in [1.54, 1.807) is 0 Å². The second kappa shape index (κ2) is 23.5. The van der Waals surface area contributed by atoms with Crippen LogP contribution in [0.2, 0.25) is 0 Å². The molecule has 0 aliphatic rings. The monoisotopic (exact) mass is 866 g/mol. The van der Waals surface area contributed by atoms with E-state index in [-0.39, 0.29) is 52.8 Å². The summed E-state index contributed by atoms with van der Waals surface area (Å²) in [7, 11) is 1.52. The van der Waals surface area contributed by atoms with E-state index in [4.69, 9.17) is 0 Å². The van der Waals surface area contributed by atoms with Gasteiger partial charge in [0.05, 0.1) is 0 Å². The third-order valence-corrected chi connectivity index (χ3v) is 12.4. The van der Waals surface area contributed by atoms with E-state index in [2.05, 4.69) is 222 Å². The Kier molecular flexibility index (Phi) is 19.6. The molecule has 6 heteroatoms. The summed E-state index contributed by atoms with van der Waals surface area (Å²) in [5.74, 6) is 0. The van der Waals surface area contributed by atoms with E-state index in [9.17, 15) is 0 Å². The van der Waals surface area contributed by atoms with E-state index in [1.807, 2.05) is 0 Å². The predicted molar refractivity (Wildman–Crippen MR) is 245 cm³/mol. The zero-order valence-electron chi connectivity index (χ0n) is 33.2. The van der Waals surface area contributed by atoms with E-state index >= 15 is 0 Å². The Bertz CT molecular complexity index is 2430. The maximum absolute atomic E-state index is 2.31. The van der Waals surface area contributed by atoms with Crippen molar-refractivity contribution >= 4 is 81.5 Å². The molecule has 0 heterocycles. The van der Waals surface area contributed by atoms with Crippen LogP contribution >= 0.6 is 17.2 Å². The second-order valence-electron chi connectivity index (χ2n) is 13.9. The van der Waals surface area contributed by atoms with Crippen LogP contribution in [0.15, 0.2) is 194 Å². The summed E-state index contributed by atoms with van der Waals surface area (Å²) < 4.78 is 0. The van der Waals surface area contributed by atoms with Crippen molar-refractivity contribution in [2.45, 2.75) is 27.7 Å². The van der Waals surface area contributed by atoms with Crippen LogP contribution in [0.25, 0.3) is 43.1 Å². The topological polar surface area (TPSA) is 0 Å². The van der Waals surface area contributed by atoms with Crippen molar-refractivity contribution in [2.75, 3.05) is 0 Å². The van der Waals surface area contributed by atoms with Crippen LogP contribution in [0, 0.1) is 27.7 Å². The summed E-state index contributed by atoms with van der Waals surface area (Å²) in [6, 6.07) is 69.3. The minimum Gasteiger partial charge on any atom is -1.00 e. The van der Waals surface area contributed by atoms with Crippen LogP contribution in [-0.4, -0.2) is 0 Å². The van der Waals surface area contributed by atoms with Crippen molar-refractivity contribution < 1.29 is 52.8 Å². The molecule has 0 fully saturated rings. The second-order valence-corrected chi connectivity index (χ2v) is 16.7. The van der Waals surface area contributed by atoms with Gasteiger partial charge in [-0.05, 0) is 35.6 Å². The molecule has 58 heavy (non-hydrogen) atoms. The van der Waals surface area contributed by atoms with Gasteiger partial charge >= 0.3 is 43.4 Å². The molecule has 0 aliphatic carbocycles. The Morgan fingerprint density at radius 3 is 0.914 bits per heavy atom. The van der Waals surface area contributed by atoms with Gasteiger partial charge < -0.3 is 9.41 Å². The first-order valence-electron chi connectivity index (χ1n) is 18.6. The first kappa shape index (κ1) is 48.3. The molecule has 10 aromatic rings. The molecule has 0 aromatic heterocycles. The Morgan fingerprint density at radius 2 is 0.603 bits per heavy atom. The molecule has 0 N–H and O–H groups in total. The smallest absolute Gasteiger partial charge is 1.00 e. The van der Waals surface area contributed by atoms with Crippen molar-refractivity contribution in [1.29, 1.82) is 0 Å². The molecule has 0 saturated heterocycles. The number of rotatable bonds is 4. The van der Waals surface area contributed by atoms with Gasteiger partial charge in [0.25, 0.3) is 0 Å². The van der Waals surface area contributed by atoms with Gasteiger partial charge in [0, 0.05) is 0 Å². The molecule has 10 aromatic carbocycles. The summed E-state index contributed by atoms with van der Waals surface area (Å²) in [6.07, 6.45) is 0. The third kappa shape index (κ3) is 13.0. The van der Waals surface area contributed by atoms with Gasteiger partial charge in [0.2, 0.25) is 0 Å². The van der Waals surface area contributed by atoms with Gasteiger partial charge in [-0.1, -0.05) is 104 Å². The Hall–Kier alpha value is -4.09. The molecule has 0 nitrogen and oxygen atoms in total. The summed E-state index contributed by atoms with van der Waals surface area (Å²) in [6.45, 7) is 8.62. The number of halogens is 2. The van der Waals surface area contributed by atoms with Crippen molar-refractivity contribution in [2.24, 2.45) is 0 Å². The molecule has 0 radical (unpaired) electrons. The molecule has 0 aliphatic heterocycles. The predicted octanol–water partition coefficient (Wildman–Crippen LogP) is 6.73. The molecule has 10 rings (SSSR count). The van der Waals surface area contributed by atoms with E-state index in [0.717, 1.165) is 17.2 Å². The fourth-order valence-corrected chi connectivity index (χ4v) is 9.25. The van der Waals surface area contributed by atoms with Gasteiger partial charge in [0.15, 0.2) is 0 Å². The number of benzene rings is 6. The standard InChI is InChI=1S/2C16H14P.2C10H9.2FH.2Ti/c2*1-12-6-2-5-9-16(12)17-15-10-13-7-3-4-8-14(13)11-15;2*1-8-6-9-4-2-3-5-10(9)7-8;;;;/h2*2-11,17H,1H3;2*2-7H,1H3;2*1H;;/q4*-1;;;2*+2/p-2. The molecule has 0 spiro atoms. The summed E-state index contributed by atoms with van der Waals surface area (Å²) in [5, 5.41) is 16.5. The maximum atomic E-state index is 2.31. The Labute approximate surface area is 375 Å². The Morgan fingerprint density at radius 1 is 0.328 bits per heavy atom. The van der Waals surface area contributed by atoms with E-state index in [0.29, 0.717) is 0 Å². The van der Waals surface area contributed by atoms with Crippen LogP contribution < -0.4 is 30.6 Å². The summed E-state index contributed by atoms with van der Waals surface area (Å²) in [4.78, 5) is 0. The SMILES string of the molecule is Cc1cc2ccccc2[cH-]1.Cc1cc2ccccc2[cH-]1.Cc1ccccc1Pc1cc2ccccc2[cH-]1.Cc1ccccc1Pc1cc2ccccc2[cH-]1.[F-].[F-].[Ti+2].[Ti+2]. The van der Waals surface area contributed by atoms with Crippen LogP contribution in [0.5, 0.6) is 0 Å². The minimum absolute atomic E-state index is 0. The molecular formula is C52H46F2P2Ti2-2. The van der Waals surface area contributed by atoms with Crippen molar-refractivity contribution in [3.63, 3.8) is 0 Å². The molecule has 0 saturated carbocycles. The van der Waals surface area contributed by atoms with Gasteiger partial charge in [-0.2, -0.15) is 24.3 Å². The first-order valence-corrected chi connectivity index (χ1v) is 20.6. The van der Waals surface area contributed by atoms with Crippen LogP contribution in [0.3, 0.4) is 0 Å². The minimum atomic E-state index is 0. The van der Waals surface area contributed by atoms with Crippen molar-refractivity contribution in [3.05, 3.63) is 216 Å². The fraction of sp³-hybridized carbons (Fsp3) is 0.0769. The van der Waals surface area contributed by atoms with Gasteiger partial charge in [-0.15, -0.1) is 162 Å². The zero-order valence-corrected chi connectivity index (χ0v) is 38.4. The van der Waals surface area contributed by atoms with Crippen LogP contribution in [0.4, 0.5) is 0 Å². The Balaban J connectivity index is 0.000000208. The number of fused-ring (bicyclic) bond motifs is 4. The number of hydrogen-bond donors (Lipinski definition) is 0. The maximum Gasteiger partial charge on any atom is 2.00 e. The van der Waals surface area contributed by atoms with Crippen molar-refractivity contribution in [3.8, 4) is 0 Å². The fourth-order valence-electron chi connectivity index (χ4n) is 6.79. The molecule has 2 atom stereocenters. The average Bonchev–Trinajstić information content (AvgIpc) is 3.97. The normalized spacial score (nSPS) is 10.4. The average molecular weight is 867 g/mol. The largest absolute Gasteiger partial charge is 2.00 e. The zero-order chi connectivity index (χ0) is 37.3. The molecule has 2 unspecified atom stereocenters. The number of hydrogen-bond acceptors (Lipinski definition) is 0. The molecule has 288 valence electrons.